The number of ether oxygens (including phenoxy) is 1. The molecule has 196 valence electrons. The zero-order valence-electron chi connectivity index (χ0n) is 22.2. The predicted octanol–water partition coefficient (Wildman–Crippen LogP) is 3.27. The van der Waals surface area contributed by atoms with E-state index < -0.39 is 35.6 Å². The van der Waals surface area contributed by atoms with Crippen LogP contribution in [0.5, 0.6) is 0 Å². The largest absolute Gasteiger partial charge is 0.444 e. The van der Waals surface area contributed by atoms with Crippen molar-refractivity contribution < 1.29 is 23.9 Å². The van der Waals surface area contributed by atoms with Crippen LogP contribution in [0, 0.1) is 13.8 Å². The molecule has 0 aromatic heterocycles. The summed E-state index contributed by atoms with van der Waals surface area (Å²) in [5.74, 6) is -1.43. The molecular formula is C26H42N4O5. The molecule has 1 aromatic carbocycles. The fourth-order valence-electron chi connectivity index (χ4n) is 3.63. The third kappa shape index (κ3) is 10.4. The van der Waals surface area contributed by atoms with Crippen LogP contribution in [0.3, 0.4) is 0 Å². The molecule has 0 bridgehead atoms. The van der Waals surface area contributed by atoms with Crippen molar-refractivity contribution in [3.05, 3.63) is 34.9 Å². The first-order valence-electron chi connectivity index (χ1n) is 12.2. The van der Waals surface area contributed by atoms with Crippen molar-refractivity contribution in [2.24, 2.45) is 5.73 Å². The molecule has 2 unspecified atom stereocenters. The Labute approximate surface area is 209 Å². The second-order valence-corrected chi connectivity index (χ2v) is 9.91. The van der Waals surface area contributed by atoms with Gasteiger partial charge in [-0.2, -0.15) is 0 Å². The number of carbonyl (C=O) groups is 4. The number of aryl methyl sites for hydroxylation is 2. The Morgan fingerprint density at radius 1 is 1.11 bits per heavy atom. The van der Waals surface area contributed by atoms with Crippen molar-refractivity contribution in [2.45, 2.75) is 91.3 Å². The number of rotatable bonds is 12. The van der Waals surface area contributed by atoms with Gasteiger partial charge in [0.15, 0.2) is 0 Å². The quantitative estimate of drug-likeness (QED) is 0.387. The minimum atomic E-state index is -1.09. The maximum atomic E-state index is 13.6. The maximum absolute atomic E-state index is 13.6. The topological polar surface area (TPSA) is 131 Å². The molecule has 0 fully saturated rings. The minimum Gasteiger partial charge on any atom is -0.444 e. The fraction of sp³-hybridized carbons (Fsp3) is 0.615. The lowest BCUT2D eigenvalue weighted by Gasteiger charge is -2.32. The molecule has 0 heterocycles. The minimum absolute atomic E-state index is 0.0185. The van der Waals surface area contributed by atoms with Crippen molar-refractivity contribution in [1.29, 1.82) is 0 Å². The Bertz CT molecular complexity index is 894. The molecule has 1 rings (SSSR count). The van der Waals surface area contributed by atoms with E-state index in [0.29, 0.717) is 12.1 Å². The number of hydrogen-bond acceptors (Lipinski definition) is 5. The normalized spacial score (nSPS) is 12.9. The molecule has 0 radical (unpaired) electrons. The highest BCUT2D eigenvalue weighted by atomic mass is 16.6. The van der Waals surface area contributed by atoms with E-state index in [9.17, 15) is 19.2 Å². The van der Waals surface area contributed by atoms with E-state index in [1.54, 1.807) is 20.8 Å². The van der Waals surface area contributed by atoms with Crippen molar-refractivity contribution >= 4 is 23.8 Å². The number of benzene rings is 1. The number of nitrogens with two attached hydrogens (primary N) is 1. The standard InChI is InChI=1S/C26H42N4O5/c1-8-9-10-15-28-23(32)22(19-16-17(2)11-12-18(19)3)30(7)24(33)20(13-14-21(27)31)29-25(34)35-26(4,5)6/h11-12,16,20,22H,8-10,13-15H2,1-7H3,(H2,27,31)(H,28,32)(H,29,34). The summed E-state index contributed by atoms with van der Waals surface area (Å²) < 4.78 is 5.29. The molecule has 4 N–H and O–H groups in total. The lowest BCUT2D eigenvalue weighted by Crippen LogP contribution is -2.52. The average Bonchev–Trinajstić information content (AvgIpc) is 2.74. The molecule has 0 aliphatic rings. The number of carbonyl (C=O) groups excluding carboxylic acids is 4. The van der Waals surface area contributed by atoms with Crippen molar-refractivity contribution in [1.82, 2.24) is 15.5 Å². The second-order valence-electron chi connectivity index (χ2n) is 9.91. The van der Waals surface area contributed by atoms with Crippen LogP contribution in [0.15, 0.2) is 18.2 Å². The number of hydrogen-bond donors (Lipinski definition) is 3. The lowest BCUT2D eigenvalue weighted by molar-refractivity contribution is -0.141. The third-order valence-corrected chi connectivity index (χ3v) is 5.46. The first-order valence-corrected chi connectivity index (χ1v) is 12.2. The van der Waals surface area contributed by atoms with Crippen molar-refractivity contribution in [2.75, 3.05) is 13.6 Å². The maximum Gasteiger partial charge on any atom is 0.408 e. The Morgan fingerprint density at radius 2 is 1.77 bits per heavy atom. The Morgan fingerprint density at radius 3 is 2.34 bits per heavy atom. The van der Waals surface area contributed by atoms with Gasteiger partial charge in [0.25, 0.3) is 0 Å². The monoisotopic (exact) mass is 490 g/mol. The zero-order valence-corrected chi connectivity index (χ0v) is 22.2. The van der Waals surface area contributed by atoms with Crippen LogP contribution in [0.1, 0.15) is 82.5 Å². The zero-order chi connectivity index (χ0) is 26.8. The highest BCUT2D eigenvalue weighted by Gasteiger charge is 2.34. The van der Waals surface area contributed by atoms with Gasteiger partial charge < -0.3 is 26.0 Å². The van der Waals surface area contributed by atoms with Gasteiger partial charge in [-0.3, -0.25) is 14.4 Å². The molecule has 0 saturated carbocycles. The van der Waals surface area contributed by atoms with Gasteiger partial charge in [0.05, 0.1) is 0 Å². The van der Waals surface area contributed by atoms with E-state index >= 15 is 0 Å². The van der Waals surface area contributed by atoms with Gasteiger partial charge in [-0.05, 0) is 58.6 Å². The number of nitrogens with zero attached hydrogens (tertiary/aromatic N) is 1. The molecular weight excluding hydrogens is 448 g/mol. The number of alkyl carbamates (subject to hydrolysis) is 1. The Balaban J connectivity index is 3.27. The van der Waals surface area contributed by atoms with Gasteiger partial charge in [-0.15, -0.1) is 0 Å². The molecule has 0 spiro atoms. The van der Waals surface area contributed by atoms with Crippen LogP contribution >= 0.6 is 0 Å². The smallest absolute Gasteiger partial charge is 0.408 e. The number of unbranched alkanes of at least 4 members (excludes halogenated alkanes) is 2. The van der Waals surface area contributed by atoms with Crippen LogP contribution < -0.4 is 16.4 Å². The summed E-state index contributed by atoms with van der Waals surface area (Å²) in [5.41, 5.74) is 7.03. The first-order chi connectivity index (χ1) is 16.3. The van der Waals surface area contributed by atoms with E-state index in [1.807, 2.05) is 32.0 Å². The van der Waals surface area contributed by atoms with Crippen LogP contribution in [-0.2, 0) is 19.1 Å². The van der Waals surface area contributed by atoms with Crippen LogP contribution in [0.4, 0.5) is 4.79 Å². The molecule has 0 aliphatic heterocycles. The first kappa shape index (κ1) is 29.9. The number of likely N-dealkylation sites (N-methyl/N-ethyl adjacent to an activating group) is 1. The number of primary amides is 1. The van der Waals surface area contributed by atoms with Crippen LogP contribution in [-0.4, -0.2) is 54.0 Å². The van der Waals surface area contributed by atoms with Gasteiger partial charge in [0, 0.05) is 20.0 Å². The summed E-state index contributed by atoms with van der Waals surface area (Å²) in [7, 11) is 1.52. The Kier molecular flexibility index (Phi) is 11.7. The molecule has 35 heavy (non-hydrogen) atoms. The molecule has 9 heteroatoms. The summed E-state index contributed by atoms with van der Waals surface area (Å²) in [4.78, 5) is 52.0. The van der Waals surface area contributed by atoms with Crippen molar-refractivity contribution in [3.63, 3.8) is 0 Å². The molecule has 9 nitrogen and oxygen atoms in total. The predicted molar refractivity (Wildman–Crippen MR) is 136 cm³/mol. The average molecular weight is 491 g/mol. The Hall–Kier alpha value is -3.10. The summed E-state index contributed by atoms with van der Waals surface area (Å²) in [5, 5.41) is 5.49. The van der Waals surface area contributed by atoms with E-state index in [4.69, 9.17) is 10.5 Å². The second kappa shape index (κ2) is 13.7. The summed E-state index contributed by atoms with van der Waals surface area (Å²) in [6.07, 6.45) is 1.92. The molecule has 0 saturated heterocycles. The summed E-state index contributed by atoms with van der Waals surface area (Å²) in [6.45, 7) is 11.5. The van der Waals surface area contributed by atoms with Crippen LogP contribution in [0.2, 0.25) is 0 Å². The van der Waals surface area contributed by atoms with Gasteiger partial charge in [0.1, 0.15) is 17.7 Å². The SMILES string of the molecule is CCCCCNC(=O)C(c1cc(C)ccc1C)N(C)C(=O)C(CCC(N)=O)NC(=O)OC(C)(C)C. The van der Waals surface area contributed by atoms with Gasteiger partial charge in [0.2, 0.25) is 17.7 Å². The highest BCUT2D eigenvalue weighted by Crippen LogP contribution is 2.26. The van der Waals surface area contributed by atoms with E-state index in [2.05, 4.69) is 17.6 Å². The fourth-order valence-corrected chi connectivity index (χ4v) is 3.63. The molecule has 2 atom stereocenters. The van der Waals surface area contributed by atoms with Crippen LogP contribution in [0.25, 0.3) is 0 Å². The van der Waals surface area contributed by atoms with E-state index in [-0.39, 0.29) is 18.7 Å². The van der Waals surface area contributed by atoms with Gasteiger partial charge in [-0.25, -0.2) is 4.79 Å². The third-order valence-electron chi connectivity index (χ3n) is 5.46. The number of nitrogens with one attached hydrogen (secondary N) is 2. The van der Waals surface area contributed by atoms with Gasteiger partial charge >= 0.3 is 6.09 Å². The summed E-state index contributed by atoms with van der Waals surface area (Å²) in [6, 6.07) is 3.72. The highest BCUT2D eigenvalue weighted by molar-refractivity contribution is 5.92. The molecule has 4 amide bonds. The van der Waals surface area contributed by atoms with E-state index in [1.165, 1.54) is 11.9 Å². The molecule has 0 aliphatic carbocycles. The van der Waals surface area contributed by atoms with E-state index in [0.717, 1.165) is 30.4 Å². The van der Waals surface area contributed by atoms with Crippen molar-refractivity contribution in [3.8, 4) is 0 Å². The number of amides is 4. The summed E-state index contributed by atoms with van der Waals surface area (Å²) >= 11 is 0. The lowest BCUT2D eigenvalue weighted by atomic mass is 9.96. The molecule has 1 aromatic rings. The van der Waals surface area contributed by atoms with Gasteiger partial charge in [-0.1, -0.05) is 43.5 Å².